The number of nitrogens with zero attached hydrogens (tertiary/aromatic N) is 1. The van der Waals surface area contributed by atoms with Crippen molar-refractivity contribution in [2.45, 2.75) is 38.1 Å². The molecule has 0 aromatic heterocycles. The van der Waals surface area contributed by atoms with Crippen LogP contribution in [0.5, 0.6) is 0 Å². The highest BCUT2D eigenvalue weighted by atomic mass is 32.3. The SMILES string of the molecule is CCN(c1ccc(C(COC)CC(=O)O)cc1Nc1ccc(F)cc1)C1CCS(O)(O)CC1. The van der Waals surface area contributed by atoms with Gasteiger partial charge < -0.3 is 20.1 Å². The topological polar surface area (TPSA) is 102 Å². The maximum absolute atomic E-state index is 13.4. The number of carboxylic acids is 1. The highest BCUT2D eigenvalue weighted by Gasteiger charge is 2.29. The van der Waals surface area contributed by atoms with E-state index in [1.54, 1.807) is 19.2 Å². The Morgan fingerprint density at radius 2 is 1.88 bits per heavy atom. The van der Waals surface area contributed by atoms with E-state index >= 15 is 0 Å². The first-order valence-electron chi connectivity index (χ1n) is 11.1. The van der Waals surface area contributed by atoms with Crippen molar-refractivity contribution in [3.63, 3.8) is 0 Å². The zero-order chi connectivity index (χ0) is 24.0. The second kappa shape index (κ2) is 11.2. The Kier molecular flexibility index (Phi) is 8.58. The summed E-state index contributed by atoms with van der Waals surface area (Å²) in [4.78, 5) is 13.6. The summed E-state index contributed by atoms with van der Waals surface area (Å²) in [6, 6.07) is 12.1. The maximum Gasteiger partial charge on any atom is 0.304 e. The van der Waals surface area contributed by atoms with Crippen molar-refractivity contribution in [1.82, 2.24) is 0 Å². The molecule has 2 aromatic carbocycles. The average molecular weight is 481 g/mol. The molecule has 33 heavy (non-hydrogen) atoms. The van der Waals surface area contributed by atoms with Crippen LogP contribution >= 0.6 is 10.6 Å². The van der Waals surface area contributed by atoms with Crippen molar-refractivity contribution in [3.05, 3.63) is 53.8 Å². The van der Waals surface area contributed by atoms with Crippen molar-refractivity contribution in [2.24, 2.45) is 0 Å². The van der Waals surface area contributed by atoms with Crippen LogP contribution in [0.25, 0.3) is 0 Å². The molecule has 1 unspecified atom stereocenters. The number of rotatable bonds is 10. The molecule has 182 valence electrons. The van der Waals surface area contributed by atoms with E-state index in [0.717, 1.165) is 23.5 Å². The Balaban J connectivity index is 1.98. The van der Waals surface area contributed by atoms with Crippen LogP contribution in [0.3, 0.4) is 0 Å². The smallest absolute Gasteiger partial charge is 0.304 e. The Morgan fingerprint density at radius 1 is 1.21 bits per heavy atom. The van der Waals surface area contributed by atoms with Gasteiger partial charge in [0.15, 0.2) is 0 Å². The largest absolute Gasteiger partial charge is 0.481 e. The normalized spacial score (nSPS) is 17.8. The first-order chi connectivity index (χ1) is 15.7. The minimum atomic E-state index is -2.49. The molecule has 0 saturated carbocycles. The van der Waals surface area contributed by atoms with Gasteiger partial charge in [0.2, 0.25) is 0 Å². The standard InChI is InChI=1S/C24H33FN2O5S/c1-3-27(21-10-12-33(30,31)13-11-21)23-9-4-17(18(16-32-2)15-24(28)29)14-22(23)26-20-7-5-19(25)6-8-20/h4-9,14,18,21,26,30-31H,3,10-13,15-16H2,1-2H3,(H,28,29). The number of carbonyl (C=O) groups is 1. The summed E-state index contributed by atoms with van der Waals surface area (Å²) < 4.78 is 38.7. The van der Waals surface area contributed by atoms with Gasteiger partial charge in [-0.15, -0.1) is 0 Å². The molecule has 1 aliphatic heterocycles. The van der Waals surface area contributed by atoms with E-state index in [2.05, 4.69) is 17.1 Å². The maximum atomic E-state index is 13.4. The molecule has 3 rings (SSSR count). The molecule has 7 nitrogen and oxygen atoms in total. The lowest BCUT2D eigenvalue weighted by Gasteiger charge is -2.44. The number of hydrogen-bond donors (Lipinski definition) is 4. The predicted octanol–water partition coefficient (Wildman–Crippen LogP) is 5.51. The van der Waals surface area contributed by atoms with Crippen LogP contribution in [-0.4, -0.2) is 58.0 Å². The van der Waals surface area contributed by atoms with Crippen LogP contribution in [0, 0.1) is 5.82 Å². The summed E-state index contributed by atoms with van der Waals surface area (Å²) in [5.74, 6) is -0.755. The molecular formula is C24H33FN2O5S. The number of aliphatic carboxylic acids is 1. The van der Waals surface area contributed by atoms with Gasteiger partial charge in [-0.25, -0.2) is 4.39 Å². The molecule has 1 saturated heterocycles. The van der Waals surface area contributed by atoms with Crippen molar-refractivity contribution in [3.8, 4) is 0 Å². The number of ether oxygens (including phenoxy) is 1. The quantitative estimate of drug-likeness (QED) is 0.355. The van der Waals surface area contributed by atoms with Crippen LogP contribution in [0.2, 0.25) is 0 Å². The zero-order valence-corrected chi connectivity index (χ0v) is 19.9. The van der Waals surface area contributed by atoms with Gasteiger partial charge in [0.1, 0.15) is 5.82 Å². The molecule has 0 aliphatic carbocycles. The third-order valence-electron chi connectivity index (χ3n) is 6.05. The van der Waals surface area contributed by atoms with E-state index in [0.29, 0.717) is 30.0 Å². The van der Waals surface area contributed by atoms with Crippen molar-refractivity contribution in [1.29, 1.82) is 0 Å². The van der Waals surface area contributed by atoms with Crippen LogP contribution < -0.4 is 10.2 Å². The number of benzene rings is 2. The highest BCUT2D eigenvalue weighted by Crippen LogP contribution is 2.46. The molecule has 9 heteroatoms. The predicted molar refractivity (Wildman–Crippen MR) is 132 cm³/mol. The third-order valence-corrected chi connectivity index (χ3v) is 7.83. The monoisotopic (exact) mass is 480 g/mol. The summed E-state index contributed by atoms with van der Waals surface area (Å²) in [5.41, 5.74) is 3.26. The molecule has 0 spiro atoms. The number of halogens is 1. The van der Waals surface area contributed by atoms with Crippen molar-refractivity contribution in [2.75, 3.05) is 42.0 Å². The van der Waals surface area contributed by atoms with Gasteiger partial charge in [0.25, 0.3) is 0 Å². The van der Waals surface area contributed by atoms with E-state index in [4.69, 9.17) is 4.74 Å². The van der Waals surface area contributed by atoms with Gasteiger partial charge in [-0.2, -0.15) is 10.6 Å². The Morgan fingerprint density at radius 3 is 2.45 bits per heavy atom. The van der Waals surface area contributed by atoms with E-state index in [1.807, 2.05) is 18.2 Å². The van der Waals surface area contributed by atoms with Gasteiger partial charge >= 0.3 is 5.97 Å². The van der Waals surface area contributed by atoms with E-state index in [1.165, 1.54) is 12.1 Å². The number of methoxy groups -OCH3 is 1. The average Bonchev–Trinajstić information content (AvgIpc) is 2.77. The molecule has 1 fully saturated rings. The molecular weight excluding hydrogens is 447 g/mol. The molecule has 2 aromatic rings. The summed E-state index contributed by atoms with van der Waals surface area (Å²) in [6.45, 7) is 3.05. The van der Waals surface area contributed by atoms with Gasteiger partial charge in [0.05, 0.1) is 24.4 Å². The summed E-state index contributed by atoms with van der Waals surface area (Å²) >= 11 is 0. The number of nitrogens with one attached hydrogen (secondary N) is 1. The first kappa shape index (κ1) is 25.3. The highest BCUT2D eigenvalue weighted by molar-refractivity contribution is 8.24. The molecule has 0 bridgehead atoms. The summed E-state index contributed by atoms with van der Waals surface area (Å²) in [6.07, 6.45) is 1.31. The zero-order valence-electron chi connectivity index (χ0n) is 19.0. The molecule has 0 radical (unpaired) electrons. The fraction of sp³-hybridized carbons (Fsp3) is 0.458. The lowest BCUT2D eigenvalue weighted by Crippen LogP contribution is -2.40. The van der Waals surface area contributed by atoms with Gasteiger partial charge in [-0.1, -0.05) is 6.07 Å². The lowest BCUT2D eigenvalue weighted by atomic mass is 9.95. The third kappa shape index (κ3) is 6.83. The summed E-state index contributed by atoms with van der Waals surface area (Å²) in [7, 11) is -0.937. The number of carboxylic acid groups (broad SMARTS) is 1. The molecule has 0 amide bonds. The van der Waals surface area contributed by atoms with Gasteiger partial charge in [-0.3, -0.25) is 13.9 Å². The first-order valence-corrected chi connectivity index (χ1v) is 13.0. The van der Waals surface area contributed by atoms with Crippen LogP contribution in [0.1, 0.15) is 37.7 Å². The van der Waals surface area contributed by atoms with Crippen molar-refractivity contribution < 1.29 is 28.1 Å². The van der Waals surface area contributed by atoms with E-state index in [-0.39, 0.29) is 30.8 Å². The molecule has 4 N–H and O–H groups in total. The molecule has 1 atom stereocenters. The minimum Gasteiger partial charge on any atom is -0.481 e. The number of hydrogen-bond acceptors (Lipinski definition) is 6. The van der Waals surface area contributed by atoms with Crippen LogP contribution in [-0.2, 0) is 9.53 Å². The van der Waals surface area contributed by atoms with Crippen LogP contribution in [0.4, 0.5) is 21.5 Å². The van der Waals surface area contributed by atoms with Crippen molar-refractivity contribution >= 4 is 33.6 Å². The molecule has 1 aliphatic rings. The lowest BCUT2D eigenvalue weighted by molar-refractivity contribution is -0.137. The summed E-state index contributed by atoms with van der Waals surface area (Å²) in [5, 5.41) is 12.7. The second-order valence-corrected chi connectivity index (χ2v) is 10.8. The fourth-order valence-electron chi connectivity index (χ4n) is 4.36. The Bertz CT molecular complexity index is 931. The fourth-order valence-corrected chi connectivity index (χ4v) is 5.87. The molecule has 1 heterocycles. The van der Waals surface area contributed by atoms with Gasteiger partial charge in [-0.05, 0) is 61.7 Å². The van der Waals surface area contributed by atoms with Gasteiger partial charge in [0, 0.05) is 42.8 Å². The second-order valence-electron chi connectivity index (χ2n) is 8.39. The Labute approximate surface area is 195 Å². The van der Waals surface area contributed by atoms with E-state index < -0.39 is 16.6 Å². The van der Waals surface area contributed by atoms with Crippen LogP contribution in [0.15, 0.2) is 42.5 Å². The minimum absolute atomic E-state index is 0.0544. The van der Waals surface area contributed by atoms with E-state index in [9.17, 15) is 23.4 Å². The number of anilines is 3. The Hall–Kier alpha value is -2.33.